The van der Waals surface area contributed by atoms with Crippen LogP contribution >= 0.6 is 12.4 Å². The van der Waals surface area contributed by atoms with Gasteiger partial charge in [0.1, 0.15) is 0 Å². The number of hydrogen-bond donors (Lipinski definition) is 2. The molecule has 6 nitrogen and oxygen atoms in total. The predicted molar refractivity (Wildman–Crippen MR) is 113 cm³/mol. The molecule has 3 atom stereocenters. The van der Waals surface area contributed by atoms with Gasteiger partial charge in [-0.1, -0.05) is 13.8 Å². The summed E-state index contributed by atoms with van der Waals surface area (Å²) in [5, 5.41) is 3.03. The monoisotopic (exact) mass is 429 g/mol. The minimum atomic E-state index is -3.53. The number of rotatable bonds is 6. The summed E-state index contributed by atoms with van der Waals surface area (Å²) in [5.41, 5.74) is 5.91. The third-order valence-electron chi connectivity index (χ3n) is 5.89. The number of halogens is 1. The maximum absolute atomic E-state index is 12.9. The Morgan fingerprint density at radius 1 is 1.18 bits per heavy atom. The van der Waals surface area contributed by atoms with Crippen molar-refractivity contribution in [1.29, 1.82) is 0 Å². The Morgan fingerprint density at radius 2 is 1.71 bits per heavy atom. The first-order valence-electron chi connectivity index (χ1n) is 9.78. The van der Waals surface area contributed by atoms with E-state index in [0.717, 1.165) is 19.3 Å². The maximum atomic E-state index is 12.9. The molecule has 8 heteroatoms. The molecule has 158 valence electrons. The molecule has 1 aromatic rings. The van der Waals surface area contributed by atoms with Gasteiger partial charge in [-0.15, -0.1) is 12.4 Å². The van der Waals surface area contributed by atoms with Gasteiger partial charge in [0.25, 0.3) is 5.91 Å². The van der Waals surface area contributed by atoms with Crippen LogP contribution in [0.1, 0.15) is 50.4 Å². The van der Waals surface area contributed by atoms with E-state index in [9.17, 15) is 13.2 Å². The van der Waals surface area contributed by atoms with Gasteiger partial charge in [-0.2, -0.15) is 4.31 Å². The first-order chi connectivity index (χ1) is 12.7. The zero-order valence-electron chi connectivity index (χ0n) is 16.8. The van der Waals surface area contributed by atoms with Crippen LogP contribution in [0.25, 0.3) is 0 Å². The fraction of sp³-hybridized carbons (Fsp3) is 0.650. The van der Waals surface area contributed by atoms with E-state index in [2.05, 4.69) is 19.2 Å². The summed E-state index contributed by atoms with van der Waals surface area (Å²) in [6.07, 6.45) is 3.21. The molecule has 0 aromatic heterocycles. The Kier molecular flexibility index (Phi) is 7.18. The largest absolute Gasteiger partial charge is 0.345 e. The van der Waals surface area contributed by atoms with Crippen molar-refractivity contribution >= 4 is 28.3 Å². The number of hydrogen-bond acceptors (Lipinski definition) is 4. The second kappa shape index (κ2) is 8.69. The number of nitrogens with zero attached hydrogens (tertiary/aromatic N) is 1. The van der Waals surface area contributed by atoms with Gasteiger partial charge in [-0.3, -0.25) is 4.79 Å². The van der Waals surface area contributed by atoms with Crippen LogP contribution in [0.4, 0.5) is 0 Å². The summed E-state index contributed by atoms with van der Waals surface area (Å²) >= 11 is 0. The van der Waals surface area contributed by atoms with Crippen molar-refractivity contribution < 1.29 is 13.2 Å². The molecule has 1 amide bonds. The minimum Gasteiger partial charge on any atom is -0.345 e. The van der Waals surface area contributed by atoms with Gasteiger partial charge in [0, 0.05) is 25.2 Å². The molecule has 0 spiro atoms. The first-order valence-corrected chi connectivity index (χ1v) is 11.2. The lowest BCUT2D eigenvalue weighted by atomic mass is 9.94. The number of piperidine rings is 1. The number of benzene rings is 1. The Morgan fingerprint density at radius 3 is 2.18 bits per heavy atom. The fourth-order valence-corrected chi connectivity index (χ4v) is 5.78. The predicted octanol–water partition coefficient (Wildman–Crippen LogP) is 2.63. The van der Waals surface area contributed by atoms with Crippen LogP contribution in [0.15, 0.2) is 29.2 Å². The first kappa shape index (κ1) is 23.1. The smallest absolute Gasteiger partial charge is 0.251 e. The van der Waals surface area contributed by atoms with Crippen LogP contribution in [0.3, 0.4) is 0 Å². The van der Waals surface area contributed by atoms with E-state index in [4.69, 9.17) is 5.73 Å². The highest BCUT2D eigenvalue weighted by Gasteiger charge is 2.41. The number of amides is 1. The second-order valence-corrected chi connectivity index (χ2v) is 10.6. The molecule has 1 aromatic carbocycles. The molecular formula is C20H32ClN3O3S. The zero-order valence-corrected chi connectivity index (χ0v) is 18.5. The van der Waals surface area contributed by atoms with Crippen molar-refractivity contribution in [2.75, 3.05) is 19.6 Å². The lowest BCUT2D eigenvalue weighted by molar-refractivity contribution is 0.0897. The number of sulfonamides is 1. The summed E-state index contributed by atoms with van der Waals surface area (Å²) in [6.45, 7) is 7.62. The summed E-state index contributed by atoms with van der Waals surface area (Å²) in [6, 6.07) is 6.24. The highest BCUT2D eigenvalue weighted by Crippen LogP contribution is 2.39. The van der Waals surface area contributed by atoms with E-state index in [1.54, 1.807) is 16.4 Å². The summed E-state index contributed by atoms with van der Waals surface area (Å²) < 4.78 is 27.5. The lowest BCUT2D eigenvalue weighted by Gasteiger charge is -2.34. The molecule has 2 aliphatic rings. The molecule has 3 N–H and O–H groups in total. The standard InChI is InChI=1S/C20H31N3O3S.ClH/c1-14-10-15(2)12-23(11-14)27(25,26)18-8-4-16(5-9-18)19(24)22-20(3,13-21)17-6-7-17;/h4-5,8-9,14-15,17H,6-7,10-13,21H2,1-3H3,(H,22,24);1H. The third kappa shape index (κ3) is 4.87. The molecule has 0 bridgehead atoms. The van der Waals surface area contributed by atoms with Gasteiger partial charge < -0.3 is 11.1 Å². The quantitative estimate of drug-likeness (QED) is 0.726. The van der Waals surface area contributed by atoms with Crippen LogP contribution in [0.5, 0.6) is 0 Å². The molecule has 1 saturated carbocycles. The Bertz CT molecular complexity index is 785. The van der Waals surface area contributed by atoms with Crippen molar-refractivity contribution in [3.63, 3.8) is 0 Å². The van der Waals surface area contributed by atoms with Crippen molar-refractivity contribution in [3.8, 4) is 0 Å². The van der Waals surface area contributed by atoms with Crippen LogP contribution in [-0.2, 0) is 10.0 Å². The Balaban J connectivity index is 0.00000280. The molecule has 0 radical (unpaired) electrons. The van der Waals surface area contributed by atoms with Gasteiger partial charge in [0.05, 0.1) is 10.4 Å². The van der Waals surface area contributed by atoms with Crippen molar-refractivity contribution in [2.45, 2.75) is 50.5 Å². The SMILES string of the molecule is CC1CC(C)CN(S(=O)(=O)c2ccc(C(=O)NC(C)(CN)C3CC3)cc2)C1.Cl. The van der Waals surface area contributed by atoms with Crippen molar-refractivity contribution in [3.05, 3.63) is 29.8 Å². The van der Waals surface area contributed by atoms with E-state index in [-0.39, 0.29) is 23.2 Å². The molecule has 1 heterocycles. The topological polar surface area (TPSA) is 92.5 Å². The fourth-order valence-electron chi connectivity index (χ4n) is 4.10. The lowest BCUT2D eigenvalue weighted by Crippen LogP contribution is -2.53. The average molecular weight is 430 g/mol. The minimum absolute atomic E-state index is 0. The molecule has 2 fully saturated rings. The average Bonchev–Trinajstić information content (AvgIpc) is 3.46. The van der Waals surface area contributed by atoms with E-state index in [1.807, 2.05) is 6.92 Å². The van der Waals surface area contributed by atoms with Gasteiger partial charge >= 0.3 is 0 Å². The number of nitrogens with two attached hydrogens (primary N) is 1. The number of carbonyl (C=O) groups is 1. The normalized spacial score (nSPS) is 25.4. The van der Waals surface area contributed by atoms with Crippen LogP contribution in [0.2, 0.25) is 0 Å². The second-order valence-electron chi connectivity index (χ2n) is 8.64. The van der Waals surface area contributed by atoms with Crippen LogP contribution < -0.4 is 11.1 Å². The van der Waals surface area contributed by atoms with E-state index in [1.165, 1.54) is 12.1 Å². The Labute approximate surface area is 174 Å². The molecule has 1 aliphatic carbocycles. The maximum Gasteiger partial charge on any atom is 0.251 e. The van der Waals surface area contributed by atoms with Gasteiger partial charge in [-0.05, 0) is 68.2 Å². The molecule has 1 aliphatic heterocycles. The van der Waals surface area contributed by atoms with Gasteiger partial charge in [0.15, 0.2) is 0 Å². The van der Waals surface area contributed by atoms with Crippen LogP contribution in [0, 0.1) is 17.8 Å². The molecular weight excluding hydrogens is 398 g/mol. The highest BCUT2D eigenvalue weighted by atomic mass is 35.5. The van der Waals surface area contributed by atoms with E-state index in [0.29, 0.717) is 43.0 Å². The van der Waals surface area contributed by atoms with Gasteiger partial charge in [0.2, 0.25) is 10.0 Å². The van der Waals surface area contributed by atoms with E-state index >= 15 is 0 Å². The number of nitrogens with one attached hydrogen (secondary N) is 1. The Hall–Kier alpha value is -1.15. The number of carbonyl (C=O) groups excluding carboxylic acids is 1. The summed E-state index contributed by atoms with van der Waals surface area (Å²) in [4.78, 5) is 12.8. The third-order valence-corrected chi connectivity index (χ3v) is 7.74. The molecule has 3 rings (SSSR count). The summed E-state index contributed by atoms with van der Waals surface area (Å²) in [7, 11) is -3.53. The summed E-state index contributed by atoms with van der Waals surface area (Å²) in [5.74, 6) is 0.920. The molecule has 28 heavy (non-hydrogen) atoms. The highest BCUT2D eigenvalue weighted by molar-refractivity contribution is 7.89. The van der Waals surface area contributed by atoms with Crippen LogP contribution in [-0.4, -0.2) is 43.8 Å². The van der Waals surface area contributed by atoms with Crippen molar-refractivity contribution in [1.82, 2.24) is 9.62 Å². The van der Waals surface area contributed by atoms with Gasteiger partial charge in [-0.25, -0.2) is 8.42 Å². The zero-order chi connectivity index (χ0) is 19.8. The molecule has 1 saturated heterocycles. The van der Waals surface area contributed by atoms with Crippen molar-refractivity contribution in [2.24, 2.45) is 23.5 Å². The van der Waals surface area contributed by atoms with E-state index < -0.39 is 15.6 Å². The molecule has 3 unspecified atom stereocenters.